The Morgan fingerprint density at radius 3 is 0.235 bits per heavy atom. The zero-order valence-electron chi connectivity index (χ0n) is 9.26. The summed E-state index contributed by atoms with van der Waals surface area (Å²) in [5.74, 6) is 0. The first-order chi connectivity index (χ1) is 8.00. The molecule has 17 heavy (non-hydrogen) atoms. The van der Waals surface area contributed by atoms with Gasteiger partial charge in [0.15, 0.2) is 0 Å². The molecule has 0 N–H and O–H groups in total. The van der Waals surface area contributed by atoms with Gasteiger partial charge in [-0.05, 0) is 0 Å². The maximum atomic E-state index is 8.00. The van der Waals surface area contributed by atoms with Crippen molar-refractivity contribution in [3.8, 4) is 0 Å². The third-order valence-electron chi connectivity index (χ3n) is 0. The second kappa shape index (κ2) is 580. The van der Waals surface area contributed by atoms with Crippen molar-refractivity contribution >= 4 is 54.3 Å². The number of rotatable bonds is 0. The Morgan fingerprint density at radius 2 is 0.235 bits per heavy atom. The van der Waals surface area contributed by atoms with Gasteiger partial charge in [0, 0.05) is 19.5 Å². The first kappa shape index (κ1) is 81.8. The molecule has 0 heterocycles. The molecule has 105 valence electrons. The number of hydrogen-bond acceptors (Lipinski definition) is 8. The molecule has 1 radical (unpaired) electrons. The van der Waals surface area contributed by atoms with Gasteiger partial charge in [-0.2, -0.15) is 0 Å². The quantitative estimate of drug-likeness (QED) is 0.486. The van der Waals surface area contributed by atoms with Gasteiger partial charge in [0.1, 0.15) is 54.3 Å². The van der Waals surface area contributed by atoms with Gasteiger partial charge in [0.2, 0.25) is 0 Å². The molecule has 0 bridgehead atoms. The van der Waals surface area contributed by atoms with Gasteiger partial charge in [0.05, 0.1) is 0 Å². The first-order valence-electron chi connectivity index (χ1n) is 2.31. The molecule has 0 fully saturated rings. The van der Waals surface area contributed by atoms with Crippen molar-refractivity contribution in [2.24, 2.45) is 0 Å². The topological polar surface area (TPSA) is 137 Å². The molecule has 0 saturated heterocycles. The zero-order valence-corrected chi connectivity index (χ0v) is 10.9. The first-order valence-corrected chi connectivity index (χ1v) is 2.31. The van der Waals surface area contributed by atoms with Crippen LogP contribution in [0.25, 0.3) is 0 Å². The summed E-state index contributed by atoms with van der Waals surface area (Å²) in [6.45, 7) is 16.0. The summed E-state index contributed by atoms with van der Waals surface area (Å²) in [6.07, 6.45) is 0. The van der Waals surface area contributed by atoms with Crippen molar-refractivity contribution in [1.82, 2.24) is 0 Å². The van der Waals surface area contributed by atoms with E-state index in [4.69, 9.17) is 38.4 Å². The normalized spacial score (nSPS) is 1.88. The minimum absolute atomic E-state index is 0. The maximum absolute atomic E-state index is 8.00. The van der Waals surface area contributed by atoms with Crippen LogP contribution in [0.4, 0.5) is 0 Å². The van der Waals surface area contributed by atoms with Gasteiger partial charge in [0.25, 0.3) is 0 Å². The maximum Gasteiger partial charge on any atom is 0.106 e. The molecule has 0 rings (SSSR count). The van der Waals surface area contributed by atoms with Gasteiger partial charge in [-0.1, -0.05) is 0 Å². The SMILES string of the molecule is C=O.C=O.C=O.C=O.C=O.C=O.C=O.C=O.[Rh]. The van der Waals surface area contributed by atoms with Gasteiger partial charge in [-0.25, -0.2) is 0 Å². The van der Waals surface area contributed by atoms with Gasteiger partial charge < -0.3 is 38.4 Å². The Morgan fingerprint density at radius 1 is 0.235 bits per heavy atom. The zero-order chi connectivity index (χ0) is 16.0. The van der Waals surface area contributed by atoms with Crippen LogP contribution in [-0.2, 0) is 57.8 Å². The van der Waals surface area contributed by atoms with E-state index < -0.39 is 0 Å². The van der Waals surface area contributed by atoms with E-state index in [2.05, 4.69) is 0 Å². The molecule has 0 aliphatic rings. The third-order valence-corrected chi connectivity index (χ3v) is 0. The standard InChI is InChI=1S/8CH2O.Rh/c8*1-2;/h8*1H2;. The van der Waals surface area contributed by atoms with Crippen LogP contribution in [0.3, 0.4) is 0 Å². The van der Waals surface area contributed by atoms with Gasteiger partial charge >= 0.3 is 0 Å². The summed E-state index contributed by atoms with van der Waals surface area (Å²) >= 11 is 0. The fraction of sp³-hybridized carbons (Fsp3) is 0. The van der Waals surface area contributed by atoms with Crippen molar-refractivity contribution < 1.29 is 57.8 Å². The second-order valence-electron chi connectivity index (χ2n) is 0. The minimum Gasteiger partial charge on any atom is -0.307 e. The van der Waals surface area contributed by atoms with Crippen molar-refractivity contribution in [2.75, 3.05) is 0 Å². The molecule has 0 amide bonds. The Balaban J connectivity index is -0.00000000610. The summed E-state index contributed by atoms with van der Waals surface area (Å²) < 4.78 is 0. The largest absolute Gasteiger partial charge is 0.307 e. The smallest absolute Gasteiger partial charge is 0.106 e. The van der Waals surface area contributed by atoms with Gasteiger partial charge in [-0.3, -0.25) is 0 Å². The number of carbonyl (C=O) groups is 8. The Labute approximate surface area is 113 Å². The Hall–Kier alpha value is -2.02. The number of hydrogen-bond donors (Lipinski definition) is 0. The summed E-state index contributed by atoms with van der Waals surface area (Å²) in [5.41, 5.74) is 0. The average Bonchev–Trinajstić information content (AvgIpc) is 2.54. The molecule has 0 aromatic carbocycles. The van der Waals surface area contributed by atoms with Crippen molar-refractivity contribution in [1.29, 1.82) is 0 Å². The molecule has 0 aliphatic carbocycles. The van der Waals surface area contributed by atoms with E-state index in [1.807, 2.05) is 54.3 Å². The molecule has 0 aliphatic heterocycles. The second-order valence-corrected chi connectivity index (χ2v) is 0. The Kier molecular flexibility index (Phi) is 2790. The van der Waals surface area contributed by atoms with Crippen LogP contribution >= 0.6 is 0 Å². The summed E-state index contributed by atoms with van der Waals surface area (Å²) in [4.78, 5) is 64.0. The van der Waals surface area contributed by atoms with Crippen LogP contribution in [0.5, 0.6) is 0 Å². The van der Waals surface area contributed by atoms with Crippen LogP contribution in [0.2, 0.25) is 0 Å². The van der Waals surface area contributed by atoms with E-state index in [1.165, 1.54) is 0 Å². The predicted molar refractivity (Wildman–Crippen MR) is 57.0 cm³/mol. The molecule has 9 heteroatoms. The molecule has 0 aromatic heterocycles. The van der Waals surface area contributed by atoms with E-state index in [0.717, 1.165) is 0 Å². The molecule has 0 aromatic rings. The molecule has 0 unspecified atom stereocenters. The molecular weight excluding hydrogens is 327 g/mol. The van der Waals surface area contributed by atoms with E-state index in [9.17, 15) is 0 Å². The van der Waals surface area contributed by atoms with Crippen LogP contribution in [-0.4, -0.2) is 54.3 Å². The van der Waals surface area contributed by atoms with Crippen LogP contribution < -0.4 is 0 Å². The van der Waals surface area contributed by atoms with E-state index in [0.29, 0.717) is 0 Å². The average molecular weight is 343 g/mol. The fourth-order valence-electron chi connectivity index (χ4n) is 0. The van der Waals surface area contributed by atoms with Crippen LogP contribution in [0.15, 0.2) is 0 Å². The molecule has 0 spiro atoms. The Bertz CT molecular complexity index is 45.5. The summed E-state index contributed by atoms with van der Waals surface area (Å²) in [6, 6.07) is 0. The van der Waals surface area contributed by atoms with E-state index >= 15 is 0 Å². The molecular formula is C8H16O8Rh. The summed E-state index contributed by atoms with van der Waals surface area (Å²) in [5, 5.41) is 0. The minimum atomic E-state index is 0. The van der Waals surface area contributed by atoms with Crippen LogP contribution in [0, 0.1) is 0 Å². The van der Waals surface area contributed by atoms with E-state index in [1.54, 1.807) is 0 Å². The monoisotopic (exact) mass is 343 g/mol. The van der Waals surface area contributed by atoms with Crippen LogP contribution in [0.1, 0.15) is 0 Å². The van der Waals surface area contributed by atoms with Crippen molar-refractivity contribution in [3.05, 3.63) is 0 Å². The third kappa shape index (κ3) is 494. The number of carbonyl (C=O) groups excluding carboxylic acids is 8. The molecule has 0 saturated carbocycles. The van der Waals surface area contributed by atoms with E-state index in [-0.39, 0.29) is 19.5 Å². The van der Waals surface area contributed by atoms with Crippen molar-refractivity contribution in [2.45, 2.75) is 0 Å². The molecule has 8 nitrogen and oxygen atoms in total. The van der Waals surface area contributed by atoms with Gasteiger partial charge in [-0.15, -0.1) is 0 Å². The molecule has 0 atom stereocenters. The fourth-order valence-corrected chi connectivity index (χ4v) is 0. The van der Waals surface area contributed by atoms with Crippen molar-refractivity contribution in [3.63, 3.8) is 0 Å². The predicted octanol–water partition coefficient (Wildman–Crippen LogP) is -1.48. The summed E-state index contributed by atoms with van der Waals surface area (Å²) in [7, 11) is 0.